The van der Waals surface area contributed by atoms with E-state index in [0.29, 0.717) is 0 Å². The van der Waals surface area contributed by atoms with Crippen molar-refractivity contribution in [1.82, 2.24) is 4.37 Å². The van der Waals surface area contributed by atoms with Crippen molar-refractivity contribution < 1.29 is 23.4 Å². The zero-order valence-corrected chi connectivity index (χ0v) is 7.98. The molecule has 78 valence electrons. The van der Waals surface area contributed by atoms with Crippen LogP contribution in [0.3, 0.4) is 0 Å². The number of rotatable bonds is 4. The molecule has 0 saturated carbocycles. The molecule has 0 atom stereocenters. The van der Waals surface area contributed by atoms with Crippen LogP contribution in [0.1, 0.15) is 5.56 Å². The van der Waals surface area contributed by atoms with Gasteiger partial charge in [0.2, 0.25) is 5.88 Å². The molecular formula is C7H7F2NO3S. The first-order valence-electron chi connectivity index (χ1n) is 3.56. The van der Waals surface area contributed by atoms with Crippen LogP contribution in [0.2, 0.25) is 0 Å². The van der Waals surface area contributed by atoms with E-state index in [9.17, 15) is 13.6 Å². The molecule has 0 amide bonds. The van der Waals surface area contributed by atoms with Crippen molar-refractivity contribution in [1.29, 1.82) is 0 Å². The molecule has 1 heterocycles. The minimum Gasteiger partial charge on any atom is -0.480 e. The normalized spacial score (nSPS) is 11.4. The molecule has 0 radical (unpaired) electrons. The van der Waals surface area contributed by atoms with Gasteiger partial charge < -0.3 is 9.84 Å². The lowest BCUT2D eigenvalue weighted by Gasteiger charge is -2.09. The van der Waals surface area contributed by atoms with Crippen molar-refractivity contribution in [2.75, 3.05) is 7.11 Å². The zero-order valence-electron chi connectivity index (χ0n) is 7.16. The zero-order chi connectivity index (χ0) is 10.8. The third kappa shape index (κ3) is 2.16. The van der Waals surface area contributed by atoms with E-state index in [4.69, 9.17) is 5.11 Å². The van der Waals surface area contributed by atoms with Gasteiger partial charge in [0.1, 0.15) is 0 Å². The first-order chi connectivity index (χ1) is 6.47. The van der Waals surface area contributed by atoms with E-state index in [1.165, 1.54) is 12.5 Å². The smallest absolute Gasteiger partial charge is 0.374 e. The Morgan fingerprint density at radius 2 is 2.43 bits per heavy atom. The molecule has 0 saturated heterocycles. The van der Waals surface area contributed by atoms with E-state index in [2.05, 4.69) is 9.11 Å². The number of aromatic nitrogens is 1. The van der Waals surface area contributed by atoms with Crippen molar-refractivity contribution in [2.24, 2.45) is 0 Å². The Hall–Kier alpha value is -1.24. The second-order valence-electron chi connectivity index (χ2n) is 2.54. The van der Waals surface area contributed by atoms with Crippen molar-refractivity contribution in [3.8, 4) is 5.88 Å². The summed E-state index contributed by atoms with van der Waals surface area (Å²) in [6, 6.07) is 0. The van der Waals surface area contributed by atoms with Crippen LogP contribution >= 0.6 is 11.5 Å². The van der Waals surface area contributed by atoms with Gasteiger partial charge in [-0.3, -0.25) is 0 Å². The fraction of sp³-hybridized carbons (Fsp3) is 0.429. The molecule has 0 bridgehead atoms. The number of ether oxygens (including phenoxy) is 1. The number of alkyl halides is 2. The van der Waals surface area contributed by atoms with Gasteiger partial charge in [-0.25, -0.2) is 4.79 Å². The lowest BCUT2D eigenvalue weighted by Crippen LogP contribution is -2.30. The summed E-state index contributed by atoms with van der Waals surface area (Å²) in [5, 5.41) is 9.54. The van der Waals surface area contributed by atoms with Crippen LogP contribution in [-0.4, -0.2) is 28.5 Å². The number of carboxylic acids is 1. The summed E-state index contributed by atoms with van der Waals surface area (Å²) in [7, 11) is 1.29. The molecule has 1 aromatic heterocycles. The lowest BCUT2D eigenvalue weighted by molar-refractivity contribution is -0.164. The van der Waals surface area contributed by atoms with Crippen LogP contribution in [0.4, 0.5) is 8.78 Å². The number of aliphatic carboxylic acids is 1. The SMILES string of the molecule is COc1nscc1CC(F)(F)C(=O)O. The predicted octanol–water partition coefficient (Wildman–Crippen LogP) is 1.41. The van der Waals surface area contributed by atoms with Gasteiger partial charge in [0.15, 0.2) is 0 Å². The number of hydrogen-bond acceptors (Lipinski definition) is 4. The maximum Gasteiger partial charge on any atom is 0.374 e. The molecule has 1 rings (SSSR count). The van der Waals surface area contributed by atoms with Crippen LogP contribution in [0.5, 0.6) is 5.88 Å². The molecule has 14 heavy (non-hydrogen) atoms. The minimum absolute atomic E-state index is 0.0518. The Balaban J connectivity index is 2.83. The molecule has 0 aliphatic rings. The quantitative estimate of drug-likeness (QED) is 0.838. The van der Waals surface area contributed by atoms with E-state index in [1.807, 2.05) is 0 Å². The highest BCUT2D eigenvalue weighted by atomic mass is 32.1. The Morgan fingerprint density at radius 1 is 1.79 bits per heavy atom. The first-order valence-corrected chi connectivity index (χ1v) is 4.39. The number of halogens is 2. The van der Waals surface area contributed by atoms with Gasteiger partial charge in [-0.1, -0.05) is 0 Å². The summed E-state index contributed by atoms with van der Waals surface area (Å²) in [6.07, 6.45) is -0.901. The van der Waals surface area contributed by atoms with Gasteiger partial charge in [0.05, 0.1) is 13.5 Å². The van der Waals surface area contributed by atoms with E-state index >= 15 is 0 Å². The molecule has 7 heteroatoms. The summed E-state index contributed by atoms with van der Waals surface area (Å²) in [6.45, 7) is 0. The maximum atomic E-state index is 12.7. The molecule has 0 spiro atoms. The van der Waals surface area contributed by atoms with Gasteiger partial charge in [0, 0.05) is 10.9 Å². The summed E-state index contributed by atoms with van der Waals surface area (Å²) in [5.41, 5.74) is 0.102. The first kappa shape index (κ1) is 10.8. The number of nitrogens with zero attached hydrogens (tertiary/aromatic N) is 1. The fourth-order valence-electron chi connectivity index (χ4n) is 0.847. The minimum atomic E-state index is -3.78. The van der Waals surface area contributed by atoms with E-state index in [0.717, 1.165) is 11.5 Å². The Labute approximate surface area is 82.3 Å². The molecular weight excluding hydrogens is 216 g/mol. The number of carbonyl (C=O) groups is 1. The van der Waals surface area contributed by atoms with Crippen LogP contribution < -0.4 is 4.74 Å². The Morgan fingerprint density at radius 3 is 2.93 bits per heavy atom. The summed E-state index contributed by atoms with van der Waals surface area (Å²) in [4.78, 5) is 10.1. The maximum absolute atomic E-state index is 12.7. The largest absolute Gasteiger partial charge is 0.480 e. The number of carboxylic acid groups (broad SMARTS) is 1. The highest BCUT2D eigenvalue weighted by Gasteiger charge is 2.40. The fourth-order valence-corrected chi connectivity index (χ4v) is 1.50. The summed E-state index contributed by atoms with van der Waals surface area (Å²) in [5.74, 6) is -5.88. The highest BCUT2D eigenvalue weighted by molar-refractivity contribution is 7.03. The van der Waals surface area contributed by atoms with Crippen LogP contribution in [0, 0.1) is 0 Å². The Bertz CT molecular complexity index is 339. The van der Waals surface area contributed by atoms with Gasteiger partial charge in [-0.15, -0.1) is 0 Å². The van der Waals surface area contributed by atoms with E-state index in [1.54, 1.807) is 0 Å². The van der Waals surface area contributed by atoms with Gasteiger partial charge in [-0.05, 0) is 11.5 Å². The standard InChI is InChI=1S/C7H7F2NO3S/c1-13-5-4(3-14-10-5)2-7(8,9)6(11)12/h3H,2H2,1H3,(H,11,12). The third-order valence-corrected chi connectivity index (χ3v) is 2.19. The van der Waals surface area contributed by atoms with Crippen molar-refractivity contribution in [3.05, 3.63) is 10.9 Å². The van der Waals surface area contributed by atoms with Crippen LogP contribution in [0.15, 0.2) is 5.38 Å². The molecule has 1 aromatic rings. The highest BCUT2D eigenvalue weighted by Crippen LogP contribution is 2.27. The predicted molar refractivity (Wildman–Crippen MR) is 45.0 cm³/mol. The van der Waals surface area contributed by atoms with Gasteiger partial charge in [0.25, 0.3) is 0 Å². The second kappa shape index (κ2) is 3.87. The third-order valence-electron chi connectivity index (χ3n) is 1.52. The van der Waals surface area contributed by atoms with Gasteiger partial charge >= 0.3 is 11.9 Å². The van der Waals surface area contributed by atoms with Crippen LogP contribution in [0.25, 0.3) is 0 Å². The van der Waals surface area contributed by atoms with E-state index in [-0.39, 0.29) is 11.4 Å². The monoisotopic (exact) mass is 223 g/mol. The summed E-state index contributed by atoms with van der Waals surface area (Å²) < 4.78 is 33.9. The van der Waals surface area contributed by atoms with Gasteiger partial charge in [-0.2, -0.15) is 13.2 Å². The van der Waals surface area contributed by atoms with Crippen molar-refractivity contribution in [3.63, 3.8) is 0 Å². The average Bonchev–Trinajstić information content (AvgIpc) is 2.50. The molecule has 1 N–H and O–H groups in total. The average molecular weight is 223 g/mol. The lowest BCUT2D eigenvalue weighted by atomic mass is 10.1. The van der Waals surface area contributed by atoms with Crippen molar-refractivity contribution in [2.45, 2.75) is 12.3 Å². The topological polar surface area (TPSA) is 59.4 Å². The second-order valence-corrected chi connectivity index (χ2v) is 3.16. The molecule has 0 unspecified atom stereocenters. The van der Waals surface area contributed by atoms with Crippen molar-refractivity contribution >= 4 is 17.5 Å². The van der Waals surface area contributed by atoms with E-state index < -0.39 is 18.3 Å². The molecule has 0 aliphatic carbocycles. The number of methoxy groups -OCH3 is 1. The Kier molecular flexibility index (Phi) is 3.00. The molecule has 0 fully saturated rings. The molecule has 4 nitrogen and oxygen atoms in total. The number of hydrogen-bond donors (Lipinski definition) is 1. The summed E-state index contributed by atoms with van der Waals surface area (Å²) >= 11 is 0.942. The molecule has 0 aliphatic heterocycles. The molecule has 0 aromatic carbocycles. The van der Waals surface area contributed by atoms with Crippen LogP contribution in [-0.2, 0) is 11.2 Å².